The van der Waals surface area contributed by atoms with Gasteiger partial charge in [0.25, 0.3) is 0 Å². The topological polar surface area (TPSA) is 38.7 Å². The Kier molecular flexibility index (Phi) is 7.01. The fourth-order valence-corrected chi connectivity index (χ4v) is 5.59. The highest BCUT2D eigenvalue weighted by Crippen LogP contribution is 2.40. The van der Waals surface area contributed by atoms with Gasteiger partial charge in [0, 0.05) is 11.0 Å². The summed E-state index contributed by atoms with van der Waals surface area (Å²) in [5.74, 6) is 6.34. The van der Waals surface area contributed by atoms with Crippen molar-refractivity contribution >= 4 is 12.6 Å². The van der Waals surface area contributed by atoms with Gasteiger partial charge in [-0.05, 0) is 102 Å². The Morgan fingerprint density at radius 2 is 1.43 bits per heavy atom. The van der Waals surface area contributed by atoms with Crippen LogP contribution in [-0.4, -0.2) is 29.0 Å². The highest BCUT2D eigenvalue weighted by atomic mass is 16.7. The molecule has 4 heteroatoms. The molecule has 2 aliphatic rings. The summed E-state index contributed by atoms with van der Waals surface area (Å²) in [6, 6.07) is 15.4. The molecule has 1 aliphatic carbocycles. The molecule has 0 radical (unpaired) electrons. The van der Waals surface area contributed by atoms with Gasteiger partial charge in [0.2, 0.25) is 0 Å². The molecule has 0 amide bonds. The summed E-state index contributed by atoms with van der Waals surface area (Å²) in [5.41, 5.74) is 4.30. The number of hydrogen-bond donors (Lipinski definition) is 1. The average molecular weight is 472 g/mol. The van der Waals surface area contributed by atoms with Crippen LogP contribution >= 0.6 is 0 Å². The number of aryl methyl sites for hydroxylation is 1. The standard InChI is InChI=1S/C31H41BO3/c1-8-31(9-2,25-14-12-24(13-15-25)18-21-30(33)19-10-11-20-30)26-16-17-27(23(3)22-26)32-34-28(4,5)29(6,7)35-32/h12-17,22,33H,8-11,19-20H2,1-7H3. The molecule has 2 fully saturated rings. The molecule has 0 unspecified atom stereocenters. The first-order valence-corrected chi connectivity index (χ1v) is 13.3. The van der Waals surface area contributed by atoms with Gasteiger partial charge in [-0.3, -0.25) is 0 Å². The van der Waals surface area contributed by atoms with Gasteiger partial charge in [-0.25, -0.2) is 0 Å². The molecule has 2 aromatic carbocycles. The second-order valence-electron chi connectivity index (χ2n) is 11.5. The van der Waals surface area contributed by atoms with Crippen molar-refractivity contribution < 1.29 is 14.4 Å². The van der Waals surface area contributed by atoms with E-state index >= 15 is 0 Å². The van der Waals surface area contributed by atoms with E-state index in [0.717, 1.165) is 49.6 Å². The smallest absolute Gasteiger partial charge is 0.399 e. The quantitative estimate of drug-likeness (QED) is 0.425. The van der Waals surface area contributed by atoms with E-state index in [-0.39, 0.29) is 23.7 Å². The van der Waals surface area contributed by atoms with E-state index in [1.807, 2.05) is 0 Å². The first-order chi connectivity index (χ1) is 16.5. The molecule has 0 bridgehead atoms. The minimum atomic E-state index is -0.800. The second kappa shape index (κ2) is 9.43. The highest BCUT2D eigenvalue weighted by Gasteiger charge is 2.52. The largest absolute Gasteiger partial charge is 0.495 e. The first kappa shape index (κ1) is 26.0. The SMILES string of the molecule is CCC(CC)(c1ccc(C#CC2(O)CCCC2)cc1)c1ccc(B2OC(C)(C)C(C)(C)O2)c(C)c1. The molecule has 35 heavy (non-hydrogen) atoms. The number of aliphatic hydroxyl groups is 1. The van der Waals surface area contributed by atoms with Gasteiger partial charge in [0.15, 0.2) is 0 Å². The van der Waals surface area contributed by atoms with E-state index in [2.05, 4.69) is 103 Å². The third-order valence-electron chi connectivity index (χ3n) is 8.84. The zero-order valence-corrected chi connectivity index (χ0v) is 22.6. The molecule has 4 rings (SSSR count). The maximum Gasteiger partial charge on any atom is 0.495 e. The van der Waals surface area contributed by atoms with Gasteiger partial charge in [-0.1, -0.05) is 61.6 Å². The summed E-state index contributed by atoms with van der Waals surface area (Å²) in [6.07, 6.45) is 5.70. The van der Waals surface area contributed by atoms with Crippen LogP contribution in [0.3, 0.4) is 0 Å². The van der Waals surface area contributed by atoms with Crippen molar-refractivity contribution in [1.29, 1.82) is 0 Å². The molecule has 1 saturated carbocycles. The summed E-state index contributed by atoms with van der Waals surface area (Å²) < 4.78 is 12.6. The Balaban J connectivity index is 1.62. The molecule has 186 valence electrons. The normalized spacial score (nSPS) is 20.5. The minimum Gasteiger partial charge on any atom is -0.399 e. The molecule has 0 aromatic heterocycles. The first-order valence-electron chi connectivity index (χ1n) is 13.3. The van der Waals surface area contributed by atoms with E-state index in [4.69, 9.17) is 9.31 Å². The van der Waals surface area contributed by atoms with Gasteiger partial charge in [0.1, 0.15) is 5.60 Å². The second-order valence-corrected chi connectivity index (χ2v) is 11.5. The Morgan fingerprint density at radius 1 is 0.886 bits per heavy atom. The lowest BCUT2D eigenvalue weighted by molar-refractivity contribution is 0.00578. The van der Waals surface area contributed by atoms with Gasteiger partial charge in [0.05, 0.1) is 11.2 Å². The molecule has 1 N–H and O–H groups in total. The van der Waals surface area contributed by atoms with Crippen LogP contribution < -0.4 is 5.46 Å². The Morgan fingerprint density at radius 3 is 1.94 bits per heavy atom. The van der Waals surface area contributed by atoms with Crippen LogP contribution in [0.25, 0.3) is 0 Å². The van der Waals surface area contributed by atoms with E-state index in [9.17, 15) is 5.11 Å². The number of hydrogen-bond acceptors (Lipinski definition) is 3. The number of benzene rings is 2. The van der Waals surface area contributed by atoms with Crippen LogP contribution in [0.2, 0.25) is 0 Å². The van der Waals surface area contributed by atoms with Crippen molar-refractivity contribution in [3.63, 3.8) is 0 Å². The predicted octanol–water partition coefficient (Wildman–Crippen LogP) is 6.06. The molecule has 1 saturated heterocycles. The van der Waals surface area contributed by atoms with Crippen molar-refractivity contribution in [3.8, 4) is 11.8 Å². The third kappa shape index (κ3) is 4.84. The number of rotatable bonds is 5. The van der Waals surface area contributed by atoms with Gasteiger partial charge >= 0.3 is 7.12 Å². The zero-order chi connectivity index (χ0) is 25.5. The summed E-state index contributed by atoms with van der Waals surface area (Å²) in [7, 11) is -0.348. The fraction of sp³-hybridized carbons (Fsp3) is 0.548. The van der Waals surface area contributed by atoms with Gasteiger partial charge in [-0.15, -0.1) is 0 Å². The van der Waals surface area contributed by atoms with Gasteiger partial charge in [-0.2, -0.15) is 0 Å². The van der Waals surface area contributed by atoms with Crippen LogP contribution in [0.1, 0.15) is 102 Å². The fourth-order valence-electron chi connectivity index (χ4n) is 5.59. The van der Waals surface area contributed by atoms with Crippen LogP contribution in [0, 0.1) is 18.8 Å². The van der Waals surface area contributed by atoms with E-state index in [0.29, 0.717) is 0 Å². The van der Waals surface area contributed by atoms with Crippen LogP contribution in [0.4, 0.5) is 0 Å². The Labute approximate surface area is 212 Å². The molecule has 3 nitrogen and oxygen atoms in total. The van der Waals surface area contributed by atoms with E-state index in [1.54, 1.807) is 0 Å². The maximum absolute atomic E-state index is 10.6. The molecule has 2 aromatic rings. The maximum atomic E-state index is 10.6. The van der Waals surface area contributed by atoms with Crippen molar-refractivity contribution in [2.24, 2.45) is 0 Å². The van der Waals surface area contributed by atoms with E-state index < -0.39 is 5.60 Å². The summed E-state index contributed by atoms with van der Waals surface area (Å²) >= 11 is 0. The van der Waals surface area contributed by atoms with Crippen molar-refractivity contribution in [1.82, 2.24) is 0 Å². The monoisotopic (exact) mass is 472 g/mol. The zero-order valence-electron chi connectivity index (χ0n) is 22.6. The summed E-state index contributed by atoms with van der Waals surface area (Å²) in [4.78, 5) is 0. The Hall–Kier alpha value is -2.06. The van der Waals surface area contributed by atoms with Crippen LogP contribution in [-0.2, 0) is 14.7 Å². The highest BCUT2D eigenvalue weighted by molar-refractivity contribution is 6.62. The minimum absolute atomic E-state index is 0.0746. The van der Waals surface area contributed by atoms with Crippen molar-refractivity contribution in [2.75, 3.05) is 0 Å². The lowest BCUT2D eigenvalue weighted by atomic mass is 9.68. The lowest BCUT2D eigenvalue weighted by Crippen LogP contribution is -2.41. The van der Waals surface area contributed by atoms with Crippen molar-refractivity contribution in [2.45, 2.75) is 109 Å². The summed E-state index contributed by atoms with van der Waals surface area (Å²) in [6.45, 7) is 15.1. The molecule has 0 spiro atoms. The van der Waals surface area contributed by atoms with E-state index in [1.165, 1.54) is 16.7 Å². The predicted molar refractivity (Wildman–Crippen MR) is 145 cm³/mol. The van der Waals surface area contributed by atoms with Gasteiger partial charge < -0.3 is 14.4 Å². The summed E-state index contributed by atoms with van der Waals surface area (Å²) in [5, 5.41) is 10.6. The molecular weight excluding hydrogens is 431 g/mol. The average Bonchev–Trinajstić information content (AvgIpc) is 3.34. The molecule has 0 atom stereocenters. The molecule has 1 heterocycles. The van der Waals surface area contributed by atoms with Crippen LogP contribution in [0.15, 0.2) is 42.5 Å². The lowest BCUT2D eigenvalue weighted by Gasteiger charge is -2.34. The van der Waals surface area contributed by atoms with Crippen molar-refractivity contribution in [3.05, 3.63) is 64.7 Å². The van der Waals surface area contributed by atoms with Crippen LogP contribution in [0.5, 0.6) is 0 Å². The molecular formula is C31H41BO3. The molecule has 1 aliphatic heterocycles. The Bertz CT molecular complexity index is 1090. The third-order valence-corrected chi connectivity index (χ3v) is 8.84.